The van der Waals surface area contributed by atoms with Crippen molar-refractivity contribution < 1.29 is 13.7 Å². The molecule has 1 aromatic carbocycles. The molecule has 11 heteroatoms. The number of rotatable bonds is 5. The molecule has 0 radical (unpaired) electrons. The van der Waals surface area contributed by atoms with E-state index in [4.69, 9.17) is 15.3 Å². The fraction of sp³-hybridized carbons (Fsp3) is 0.250. The maximum Gasteiger partial charge on any atom is 0.333 e. The predicted molar refractivity (Wildman–Crippen MR) is 98.6 cm³/mol. The minimum absolute atomic E-state index is 0.118. The molecule has 10 nitrogen and oxygen atoms in total. The number of carbonyl (C=O) groups excluding carboxylic acids is 1. The number of hydrogen-bond acceptors (Lipinski definition) is 8. The van der Waals surface area contributed by atoms with Gasteiger partial charge in [0.2, 0.25) is 5.16 Å². The van der Waals surface area contributed by atoms with Gasteiger partial charge < -0.3 is 10.5 Å². The molecule has 3 N–H and O–H groups in total. The zero-order valence-corrected chi connectivity index (χ0v) is 15.5. The van der Waals surface area contributed by atoms with Gasteiger partial charge in [0.1, 0.15) is 15.2 Å². The van der Waals surface area contributed by atoms with Crippen LogP contribution in [0, 0.1) is 4.78 Å². The normalized spacial score (nSPS) is 13.4. The van der Waals surface area contributed by atoms with Crippen LogP contribution in [0.1, 0.15) is 12.5 Å². The summed E-state index contributed by atoms with van der Waals surface area (Å²) in [5.74, 6) is -0.683. The number of fused-ring (bicyclic) bond motifs is 1. The smallest absolute Gasteiger partial charge is 0.333 e. The molecular formula is C16H18N6O4S. The lowest BCUT2D eigenvalue weighted by atomic mass is 10.2. The molecule has 1 atom stereocenters. The Balaban J connectivity index is 2.28. The zero-order chi connectivity index (χ0) is 19.8. The van der Waals surface area contributed by atoms with Crippen LogP contribution in [-0.2, 0) is 32.5 Å². The molecule has 2 heterocycles. The molecule has 0 saturated heterocycles. The van der Waals surface area contributed by atoms with E-state index in [0.717, 1.165) is 10.1 Å². The first-order valence-electron chi connectivity index (χ1n) is 7.86. The Labute approximate surface area is 154 Å². The molecule has 0 aliphatic rings. The summed E-state index contributed by atoms with van der Waals surface area (Å²) in [4.78, 5) is 32.1. The number of nitrogens with one attached hydrogen (secondary N) is 1. The summed E-state index contributed by atoms with van der Waals surface area (Å²) < 4.78 is 27.2. The van der Waals surface area contributed by atoms with Crippen LogP contribution in [-0.4, -0.2) is 35.5 Å². The van der Waals surface area contributed by atoms with Crippen LogP contribution < -0.4 is 11.4 Å². The molecule has 0 saturated carbocycles. The number of carbonyl (C=O) groups is 1. The first-order valence-corrected chi connectivity index (χ1v) is 9.82. The van der Waals surface area contributed by atoms with E-state index < -0.39 is 21.4 Å². The van der Waals surface area contributed by atoms with Crippen LogP contribution >= 0.6 is 0 Å². The van der Waals surface area contributed by atoms with Gasteiger partial charge in [0, 0.05) is 13.2 Å². The second-order valence-corrected chi connectivity index (χ2v) is 8.01. The summed E-state index contributed by atoms with van der Waals surface area (Å²) in [6.07, 6.45) is 1.17. The van der Waals surface area contributed by atoms with E-state index in [1.165, 1.54) is 17.7 Å². The van der Waals surface area contributed by atoms with Crippen molar-refractivity contribution in [3.8, 4) is 0 Å². The highest BCUT2D eigenvalue weighted by Crippen LogP contribution is 2.20. The summed E-state index contributed by atoms with van der Waals surface area (Å²) in [5, 5.41) is -0.265. The quantitative estimate of drug-likeness (QED) is 0.483. The molecule has 0 aliphatic heterocycles. The molecule has 1 unspecified atom stereocenters. The third kappa shape index (κ3) is 3.67. The van der Waals surface area contributed by atoms with Gasteiger partial charge in [-0.25, -0.2) is 18.8 Å². The SMILES string of the molecule is CC(=O)OCn1c(=O)n(Cc2ccccc2)c2nc(S(C)(=N)=O)nc(N)c21. The summed E-state index contributed by atoms with van der Waals surface area (Å²) in [6, 6.07) is 9.17. The van der Waals surface area contributed by atoms with E-state index >= 15 is 0 Å². The molecule has 0 spiro atoms. The van der Waals surface area contributed by atoms with Crippen molar-refractivity contribution in [1.82, 2.24) is 19.1 Å². The Morgan fingerprint density at radius 3 is 2.52 bits per heavy atom. The number of anilines is 1. The first kappa shape index (κ1) is 18.6. The first-order chi connectivity index (χ1) is 12.7. The zero-order valence-electron chi connectivity index (χ0n) is 14.7. The van der Waals surface area contributed by atoms with Crippen LogP contribution in [0.15, 0.2) is 40.3 Å². The molecule has 3 rings (SSSR count). The van der Waals surface area contributed by atoms with Gasteiger partial charge in [-0.1, -0.05) is 30.3 Å². The summed E-state index contributed by atoms with van der Waals surface area (Å²) in [5.41, 5.74) is 6.56. The van der Waals surface area contributed by atoms with Crippen LogP contribution in [0.5, 0.6) is 0 Å². The van der Waals surface area contributed by atoms with Gasteiger partial charge in [-0.2, -0.15) is 4.98 Å². The van der Waals surface area contributed by atoms with Crippen molar-refractivity contribution in [3.05, 3.63) is 46.4 Å². The molecule has 0 bridgehead atoms. The molecule has 2 aromatic heterocycles. The summed E-state index contributed by atoms with van der Waals surface area (Å²) in [6.45, 7) is 1.03. The average molecular weight is 390 g/mol. The molecule has 3 aromatic rings. The largest absolute Gasteiger partial charge is 0.444 e. The third-order valence-corrected chi connectivity index (χ3v) is 4.67. The number of benzene rings is 1. The molecule has 0 aliphatic carbocycles. The molecule has 142 valence electrons. The topological polar surface area (TPSA) is 146 Å². The maximum absolute atomic E-state index is 12.9. The van der Waals surface area contributed by atoms with E-state index in [0.29, 0.717) is 0 Å². The molecule has 0 amide bonds. The van der Waals surface area contributed by atoms with Gasteiger partial charge in [-0.15, -0.1) is 0 Å². The average Bonchev–Trinajstić information content (AvgIpc) is 2.86. The highest BCUT2D eigenvalue weighted by Gasteiger charge is 2.22. The lowest BCUT2D eigenvalue weighted by molar-refractivity contribution is -0.144. The number of esters is 1. The monoisotopic (exact) mass is 390 g/mol. The van der Waals surface area contributed by atoms with Gasteiger partial charge in [0.05, 0.1) is 6.54 Å². The van der Waals surface area contributed by atoms with Gasteiger partial charge in [0.25, 0.3) is 0 Å². The number of nitrogens with zero attached hydrogens (tertiary/aromatic N) is 4. The molecular weight excluding hydrogens is 372 g/mol. The van der Waals surface area contributed by atoms with Crippen molar-refractivity contribution in [2.45, 2.75) is 25.4 Å². The summed E-state index contributed by atoms with van der Waals surface area (Å²) >= 11 is 0. The maximum atomic E-state index is 12.9. The molecule has 27 heavy (non-hydrogen) atoms. The van der Waals surface area contributed by atoms with Crippen LogP contribution in [0.4, 0.5) is 5.82 Å². The number of nitrogens with two attached hydrogens (primary N) is 1. The predicted octanol–water partition coefficient (Wildman–Crippen LogP) is 0.780. The number of imidazole rings is 1. The highest BCUT2D eigenvalue weighted by molar-refractivity contribution is 7.91. The van der Waals surface area contributed by atoms with Crippen molar-refractivity contribution in [3.63, 3.8) is 0 Å². The Morgan fingerprint density at radius 1 is 1.26 bits per heavy atom. The van der Waals surface area contributed by atoms with Gasteiger partial charge in [0.15, 0.2) is 18.2 Å². The summed E-state index contributed by atoms with van der Waals surface area (Å²) in [7, 11) is -3.25. The number of ether oxygens (including phenoxy) is 1. The van der Waals surface area contributed by atoms with Crippen LogP contribution in [0.3, 0.4) is 0 Å². The Hall–Kier alpha value is -3.21. The van der Waals surface area contributed by atoms with E-state index in [9.17, 15) is 13.8 Å². The minimum Gasteiger partial charge on any atom is -0.444 e. The fourth-order valence-corrected chi connectivity index (χ4v) is 3.11. The van der Waals surface area contributed by atoms with Crippen LogP contribution in [0.2, 0.25) is 0 Å². The van der Waals surface area contributed by atoms with E-state index in [-0.39, 0.29) is 35.4 Å². The second-order valence-electron chi connectivity index (χ2n) is 5.95. The van der Waals surface area contributed by atoms with Crippen molar-refractivity contribution in [2.24, 2.45) is 0 Å². The fourth-order valence-electron chi connectivity index (χ4n) is 2.58. The van der Waals surface area contributed by atoms with Gasteiger partial charge in [-0.05, 0) is 5.56 Å². The van der Waals surface area contributed by atoms with Gasteiger partial charge in [-0.3, -0.25) is 13.9 Å². The Bertz CT molecular complexity index is 1180. The highest BCUT2D eigenvalue weighted by atomic mass is 32.2. The van der Waals surface area contributed by atoms with E-state index in [2.05, 4.69) is 9.97 Å². The van der Waals surface area contributed by atoms with Crippen molar-refractivity contribution in [1.29, 1.82) is 4.78 Å². The molecule has 0 fully saturated rings. The lowest BCUT2D eigenvalue weighted by Crippen LogP contribution is -2.26. The standard InChI is InChI=1S/C16H18N6O4S/c1-10(23)26-9-22-12-13(17)19-15(27(2,18)25)20-14(12)21(16(22)24)8-11-6-4-3-5-7-11/h3-7,18H,8-9H2,1-2H3,(H2,17,19,20). The van der Waals surface area contributed by atoms with Crippen molar-refractivity contribution in [2.75, 3.05) is 12.0 Å². The minimum atomic E-state index is -3.25. The Kier molecular flexibility index (Phi) is 4.70. The third-order valence-electron chi connectivity index (χ3n) is 3.79. The lowest BCUT2D eigenvalue weighted by Gasteiger charge is -2.06. The van der Waals surface area contributed by atoms with Crippen LogP contribution in [0.25, 0.3) is 11.2 Å². The van der Waals surface area contributed by atoms with E-state index in [1.54, 1.807) is 0 Å². The Morgan fingerprint density at radius 2 is 1.93 bits per heavy atom. The number of hydrogen-bond donors (Lipinski definition) is 2. The van der Waals surface area contributed by atoms with E-state index in [1.807, 2.05) is 30.3 Å². The second kappa shape index (κ2) is 6.83. The number of aromatic nitrogens is 4. The number of nitrogen functional groups attached to an aromatic ring is 1. The van der Waals surface area contributed by atoms with Crippen molar-refractivity contribution >= 4 is 32.7 Å². The van der Waals surface area contributed by atoms with Gasteiger partial charge >= 0.3 is 11.7 Å².